The summed E-state index contributed by atoms with van der Waals surface area (Å²) in [6.07, 6.45) is 7.12. The lowest BCUT2D eigenvalue weighted by Crippen LogP contribution is -2.34. The number of carbonyl (C=O) groups excluding carboxylic acids is 1. The van der Waals surface area contributed by atoms with Crippen LogP contribution in [0.5, 0.6) is 0 Å². The van der Waals surface area contributed by atoms with Crippen LogP contribution in [-0.2, 0) is 11.3 Å². The third-order valence-corrected chi connectivity index (χ3v) is 3.27. The van der Waals surface area contributed by atoms with Crippen molar-refractivity contribution in [2.45, 2.75) is 19.0 Å². The molecule has 2 rings (SSSR count). The Kier molecular flexibility index (Phi) is 3.76. The molecule has 0 spiro atoms. The van der Waals surface area contributed by atoms with E-state index in [2.05, 4.69) is 16.3 Å². The van der Waals surface area contributed by atoms with Crippen LogP contribution in [0.3, 0.4) is 0 Å². The number of aromatic nitrogens is 2. The second-order valence-electron chi connectivity index (χ2n) is 4.28. The Balaban J connectivity index is 2.30. The molecule has 1 atom stereocenters. The third kappa shape index (κ3) is 2.56. The molecule has 1 aliphatic rings. The lowest BCUT2D eigenvalue weighted by molar-refractivity contribution is -0.127. The van der Waals surface area contributed by atoms with Gasteiger partial charge < -0.3 is 10.2 Å². The zero-order chi connectivity index (χ0) is 14.0. The molecule has 1 unspecified atom stereocenters. The maximum Gasteiger partial charge on any atom is 0.292 e. The van der Waals surface area contributed by atoms with Gasteiger partial charge in [0, 0.05) is 13.6 Å². The SMILES string of the molecule is C#CCn1ncc(Cl)c(NC2CCN(C)C2=O)c1=O. The molecule has 1 amide bonds. The van der Waals surface area contributed by atoms with Crippen LogP contribution in [0.1, 0.15) is 6.42 Å². The lowest BCUT2D eigenvalue weighted by Gasteiger charge is -2.14. The van der Waals surface area contributed by atoms with E-state index in [1.54, 1.807) is 11.9 Å². The van der Waals surface area contributed by atoms with E-state index in [0.717, 1.165) is 4.68 Å². The summed E-state index contributed by atoms with van der Waals surface area (Å²) in [5, 5.41) is 6.90. The highest BCUT2D eigenvalue weighted by Gasteiger charge is 2.30. The van der Waals surface area contributed by atoms with Crippen LogP contribution in [0, 0.1) is 12.3 Å². The molecule has 6 nitrogen and oxygen atoms in total. The molecular weight excluding hydrogens is 268 g/mol. The number of likely N-dealkylation sites (tertiary alicyclic amines) is 1. The number of rotatable bonds is 3. The van der Waals surface area contributed by atoms with Gasteiger partial charge in [-0.1, -0.05) is 17.5 Å². The van der Waals surface area contributed by atoms with Crippen LogP contribution in [0.2, 0.25) is 5.02 Å². The first kappa shape index (κ1) is 13.4. The number of nitrogens with one attached hydrogen (secondary N) is 1. The Hall–Kier alpha value is -2.00. The van der Waals surface area contributed by atoms with Gasteiger partial charge in [-0.3, -0.25) is 9.59 Å². The molecule has 19 heavy (non-hydrogen) atoms. The highest BCUT2D eigenvalue weighted by atomic mass is 35.5. The highest BCUT2D eigenvalue weighted by molar-refractivity contribution is 6.33. The number of carbonyl (C=O) groups is 1. The topological polar surface area (TPSA) is 67.2 Å². The largest absolute Gasteiger partial charge is 0.368 e. The fourth-order valence-corrected chi connectivity index (χ4v) is 2.11. The van der Waals surface area contributed by atoms with Crippen molar-refractivity contribution < 1.29 is 4.79 Å². The van der Waals surface area contributed by atoms with E-state index in [0.29, 0.717) is 13.0 Å². The zero-order valence-corrected chi connectivity index (χ0v) is 11.1. The Morgan fingerprint density at radius 1 is 1.63 bits per heavy atom. The van der Waals surface area contributed by atoms with Gasteiger partial charge in [0.2, 0.25) is 5.91 Å². The summed E-state index contributed by atoms with van der Waals surface area (Å²) in [4.78, 5) is 25.5. The molecule has 1 aliphatic heterocycles. The summed E-state index contributed by atoms with van der Waals surface area (Å²) >= 11 is 5.95. The minimum absolute atomic E-state index is 0.0587. The molecule has 0 aliphatic carbocycles. The Labute approximate surface area is 115 Å². The van der Waals surface area contributed by atoms with Gasteiger partial charge in [-0.15, -0.1) is 6.42 Å². The molecule has 0 saturated carbocycles. The third-order valence-electron chi connectivity index (χ3n) is 2.98. The quantitative estimate of drug-likeness (QED) is 0.802. The predicted molar refractivity (Wildman–Crippen MR) is 72.0 cm³/mol. The van der Waals surface area contributed by atoms with E-state index in [1.165, 1.54) is 6.20 Å². The van der Waals surface area contributed by atoms with Crippen molar-refractivity contribution in [3.8, 4) is 12.3 Å². The average Bonchev–Trinajstić information content (AvgIpc) is 2.70. The van der Waals surface area contributed by atoms with Crippen LogP contribution in [0.4, 0.5) is 5.69 Å². The number of amides is 1. The van der Waals surface area contributed by atoms with Gasteiger partial charge in [-0.05, 0) is 6.42 Å². The fourth-order valence-electron chi connectivity index (χ4n) is 1.93. The van der Waals surface area contributed by atoms with Crippen molar-refractivity contribution in [1.29, 1.82) is 0 Å². The fraction of sp³-hybridized carbons (Fsp3) is 0.417. The van der Waals surface area contributed by atoms with Crippen LogP contribution in [-0.4, -0.2) is 40.2 Å². The van der Waals surface area contributed by atoms with Gasteiger partial charge >= 0.3 is 0 Å². The Morgan fingerprint density at radius 3 is 2.95 bits per heavy atom. The van der Waals surface area contributed by atoms with Gasteiger partial charge in [0.15, 0.2) is 0 Å². The Morgan fingerprint density at radius 2 is 2.37 bits per heavy atom. The van der Waals surface area contributed by atoms with Gasteiger partial charge in [0.1, 0.15) is 18.3 Å². The van der Waals surface area contributed by atoms with Gasteiger partial charge in [0.25, 0.3) is 5.56 Å². The van der Waals surface area contributed by atoms with Crippen molar-refractivity contribution in [2.24, 2.45) is 0 Å². The minimum Gasteiger partial charge on any atom is -0.368 e. The lowest BCUT2D eigenvalue weighted by atomic mass is 10.2. The van der Waals surface area contributed by atoms with Crippen molar-refractivity contribution in [3.63, 3.8) is 0 Å². The molecule has 1 fully saturated rings. The summed E-state index contributed by atoms with van der Waals surface area (Å²) in [5.74, 6) is 2.28. The zero-order valence-electron chi connectivity index (χ0n) is 10.4. The summed E-state index contributed by atoms with van der Waals surface area (Å²) in [5.41, 5.74) is -0.256. The van der Waals surface area contributed by atoms with Gasteiger partial charge in [0.05, 0.1) is 11.2 Å². The van der Waals surface area contributed by atoms with Crippen molar-refractivity contribution in [2.75, 3.05) is 18.9 Å². The number of nitrogens with zero attached hydrogens (tertiary/aromatic N) is 3. The van der Waals surface area contributed by atoms with E-state index >= 15 is 0 Å². The van der Waals surface area contributed by atoms with Crippen LogP contribution in [0.15, 0.2) is 11.0 Å². The maximum absolute atomic E-state index is 12.1. The number of anilines is 1. The van der Waals surface area contributed by atoms with E-state index in [-0.39, 0.29) is 23.2 Å². The van der Waals surface area contributed by atoms with Crippen molar-refractivity contribution in [1.82, 2.24) is 14.7 Å². The molecule has 0 radical (unpaired) electrons. The highest BCUT2D eigenvalue weighted by Crippen LogP contribution is 2.19. The first-order valence-corrected chi connectivity index (χ1v) is 6.13. The second-order valence-corrected chi connectivity index (χ2v) is 4.69. The Bertz CT molecular complexity index is 605. The first-order valence-electron chi connectivity index (χ1n) is 5.75. The standard InChI is InChI=1S/C12H13ClN4O2/c1-3-5-17-12(19)10(8(13)7-14-17)15-9-4-6-16(2)11(9)18/h1,7,9,15H,4-6H2,2H3. The van der Waals surface area contributed by atoms with Crippen LogP contribution < -0.4 is 10.9 Å². The molecule has 1 aromatic rings. The molecule has 1 saturated heterocycles. The molecule has 100 valence electrons. The number of halogens is 1. The average molecular weight is 281 g/mol. The molecule has 1 N–H and O–H groups in total. The molecule has 1 aromatic heterocycles. The van der Waals surface area contributed by atoms with Crippen LogP contribution >= 0.6 is 11.6 Å². The second kappa shape index (κ2) is 5.33. The molecule has 2 heterocycles. The summed E-state index contributed by atoms with van der Waals surface area (Å²) in [6, 6.07) is -0.433. The minimum atomic E-state index is -0.433. The van der Waals surface area contributed by atoms with E-state index < -0.39 is 11.6 Å². The number of likely N-dealkylation sites (N-methyl/N-ethyl adjacent to an activating group) is 1. The van der Waals surface area contributed by atoms with E-state index in [1.807, 2.05) is 0 Å². The van der Waals surface area contributed by atoms with Gasteiger partial charge in [-0.25, -0.2) is 4.68 Å². The normalized spacial score (nSPS) is 18.5. The first-order chi connectivity index (χ1) is 9.04. The number of hydrogen-bond acceptors (Lipinski definition) is 4. The summed E-state index contributed by atoms with van der Waals surface area (Å²) in [6.45, 7) is 0.709. The monoisotopic (exact) mass is 280 g/mol. The number of terminal acetylenes is 1. The summed E-state index contributed by atoms with van der Waals surface area (Å²) < 4.78 is 1.12. The molecule has 0 bridgehead atoms. The molecule has 0 aromatic carbocycles. The van der Waals surface area contributed by atoms with Gasteiger partial charge in [-0.2, -0.15) is 5.10 Å². The maximum atomic E-state index is 12.1. The van der Waals surface area contributed by atoms with Crippen LogP contribution in [0.25, 0.3) is 0 Å². The molecular formula is C12H13ClN4O2. The van der Waals surface area contributed by atoms with Crippen molar-refractivity contribution >= 4 is 23.2 Å². The number of hydrogen-bond donors (Lipinski definition) is 1. The smallest absolute Gasteiger partial charge is 0.292 e. The predicted octanol–water partition coefficient (Wildman–Crippen LogP) is 0.172. The summed E-state index contributed by atoms with van der Waals surface area (Å²) in [7, 11) is 1.72. The van der Waals surface area contributed by atoms with Crippen molar-refractivity contribution in [3.05, 3.63) is 21.6 Å². The van der Waals surface area contributed by atoms with E-state index in [9.17, 15) is 9.59 Å². The molecule has 7 heteroatoms. The van der Waals surface area contributed by atoms with E-state index in [4.69, 9.17) is 18.0 Å².